The summed E-state index contributed by atoms with van der Waals surface area (Å²) in [6, 6.07) is 23.1. The maximum atomic E-state index is 12.3. The lowest BCUT2D eigenvalue weighted by atomic mass is 10.1. The van der Waals surface area contributed by atoms with Crippen molar-refractivity contribution in [2.75, 3.05) is 5.32 Å². The van der Waals surface area contributed by atoms with Gasteiger partial charge in [0.15, 0.2) is 0 Å². The largest absolute Gasteiger partial charge is 0.489 e. The summed E-state index contributed by atoms with van der Waals surface area (Å²) in [4.78, 5) is 12.3. The van der Waals surface area contributed by atoms with Crippen LogP contribution in [0.1, 0.15) is 11.1 Å². The van der Waals surface area contributed by atoms with Crippen LogP contribution in [0.15, 0.2) is 78.4 Å². The molecule has 0 aliphatic rings. The normalized spacial score (nSPS) is 10.9. The molecule has 29 heavy (non-hydrogen) atoms. The molecule has 144 valence electrons. The maximum absolute atomic E-state index is 12.3. The summed E-state index contributed by atoms with van der Waals surface area (Å²) in [6.07, 6.45) is 1.52. The van der Waals surface area contributed by atoms with Crippen LogP contribution < -0.4 is 10.1 Å². The minimum absolute atomic E-state index is 0.00955. The van der Waals surface area contributed by atoms with Gasteiger partial charge >= 0.3 is 0 Å². The molecular formula is C23H16Cl2N2O2. The third kappa shape index (κ3) is 5.86. The molecule has 0 aliphatic carbocycles. The molecule has 4 nitrogen and oxygen atoms in total. The van der Waals surface area contributed by atoms with Gasteiger partial charge in [-0.05, 0) is 54.1 Å². The Morgan fingerprint density at radius 3 is 2.34 bits per heavy atom. The molecule has 0 spiro atoms. The van der Waals surface area contributed by atoms with Crippen molar-refractivity contribution in [2.45, 2.75) is 6.61 Å². The third-order valence-electron chi connectivity index (χ3n) is 4.01. The molecule has 0 saturated heterocycles. The molecule has 1 amide bonds. The Bertz CT molecular complexity index is 1070. The highest BCUT2D eigenvalue weighted by Gasteiger charge is 2.09. The number of anilines is 1. The lowest BCUT2D eigenvalue weighted by molar-refractivity contribution is -0.112. The summed E-state index contributed by atoms with van der Waals surface area (Å²) >= 11 is 12.0. The highest BCUT2D eigenvalue weighted by molar-refractivity contribution is 6.31. The van der Waals surface area contributed by atoms with Crippen LogP contribution in [-0.4, -0.2) is 5.91 Å². The van der Waals surface area contributed by atoms with Crippen LogP contribution in [0, 0.1) is 11.3 Å². The molecule has 0 heterocycles. The van der Waals surface area contributed by atoms with Gasteiger partial charge in [-0.15, -0.1) is 0 Å². The van der Waals surface area contributed by atoms with E-state index in [1.54, 1.807) is 48.5 Å². The van der Waals surface area contributed by atoms with Crippen molar-refractivity contribution < 1.29 is 9.53 Å². The fraction of sp³-hybridized carbons (Fsp3) is 0.0435. The molecule has 3 aromatic rings. The standard InChI is InChI=1S/C23H16Cl2N2O2/c24-19-7-9-20(10-8-19)27-23(28)18(14-26)13-16-5-11-21(12-6-16)29-15-17-3-1-2-4-22(17)25/h1-13H,15H2,(H,27,28)/b18-13-. The average molecular weight is 423 g/mol. The van der Waals surface area contributed by atoms with Crippen molar-refractivity contribution in [3.8, 4) is 11.8 Å². The first-order valence-electron chi connectivity index (χ1n) is 8.70. The van der Waals surface area contributed by atoms with Crippen molar-refractivity contribution in [1.29, 1.82) is 5.26 Å². The van der Waals surface area contributed by atoms with Gasteiger partial charge in [0.05, 0.1) is 0 Å². The Hall–Kier alpha value is -3.26. The molecule has 0 unspecified atom stereocenters. The summed E-state index contributed by atoms with van der Waals surface area (Å²) in [5.74, 6) is 0.167. The van der Waals surface area contributed by atoms with Crippen LogP contribution in [0.3, 0.4) is 0 Å². The number of carbonyl (C=O) groups excluding carboxylic acids is 1. The molecule has 6 heteroatoms. The van der Waals surface area contributed by atoms with E-state index < -0.39 is 5.91 Å². The van der Waals surface area contributed by atoms with Gasteiger partial charge in [-0.25, -0.2) is 0 Å². The number of benzene rings is 3. The first-order chi connectivity index (χ1) is 14.0. The van der Waals surface area contributed by atoms with Gasteiger partial charge in [-0.2, -0.15) is 5.26 Å². The molecule has 0 saturated carbocycles. The predicted molar refractivity (Wildman–Crippen MR) is 116 cm³/mol. The molecule has 0 atom stereocenters. The average Bonchev–Trinajstić information content (AvgIpc) is 2.74. The molecule has 0 radical (unpaired) electrons. The monoisotopic (exact) mass is 422 g/mol. The number of nitrogens with one attached hydrogen (secondary N) is 1. The van der Waals surface area contributed by atoms with Crippen molar-refractivity contribution in [2.24, 2.45) is 0 Å². The molecule has 0 fully saturated rings. The minimum atomic E-state index is -0.492. The number of rotatable bonds is 6. The first-order valence-corrected chi connectivity index (χ1v) is 9.46. The second-order valence-electron chi connectivity index (χ2n) is 6.08. The summed E-state index contributed by atoms with van der Waals surface area (Å²) < 4.78 is 5.74. The zero-order chi connectivity index (χ0) is 20.6. The van der Waals surface area contributed by atoms with E-state index in [0.717, 1.165) is 5.56 Å². The van der Waals surface area contributed by atoms with Crippen molar-refractivity contribution >= 4 is 40.9 Å². The number of halogens is 2. The lowest BCUT2D eigenvalue weighted by Crippen LogP contribution is -2.13. The Kier molecular flexibility index (Phi) is 6.91. The Labute approximate surface area is 179 Å². The summed E-state index contributed by atoms with van der Waals surface area (Å²) in [5, 5.41) is 13.2. The number of nitrogens with zero attached hydrogens (tertiary/aromatic N) is 1. The van der Waals surface area contributed by atoms with Crippen LogP contribution in [0.5, 0.6) is 5.75 Å². The van der Waals surface area contributed by atoms with Gasteiger partial charge in [0.1, 0.15) is 24.0 Å². The maximum Gasteiger partial charge on any atom is 0.266 e. The zero-order valence-electron chi connectivity index (χ0n) is 15.2. The van der Waals surface area contributed by atoms with Gasteiger partial charge in [-0.1, -0.05) is 53.5 Å². The van der Waals surface area contributed by atoms with Crippen molar-refractivity contribution in [3.63, 3.8) is 0 Å². The van der Waals surface area contributed by atoms with Crippen LogP contribution in [-0.2, 0) is 11.4 Å². The van der Waals surface area contributed by atoms with Gasteiger partial charge in [0.2, 0.25) is 0 Å². The second kappa shape index (κ2) is 9.79. The van der Waals surface area contributed by atoms with Gasteiger partial charge in [0, 0.05) is 21.3 Å². The topological polar surface area (TPSA) is 62.1 Å². The zero-order valence-corrected chi connectivity index (χ0v) is 16.7. The molecule has 1 N–H and O–H groups in total. The van der Waals surface area contributed by atoms with Crippen LogP contribution >= 0.6 is 23.2 Å². The molecule has 3 rings (SSSR count). The van der Waals surface area contributed by atoms with Gasteiger partial charge in [-0.3, -0.25) is 4.79 Å². The highest BCUT2D eigenvalue weighted by atomic mass is 35.5. The quantitative estimate of drug-likeness (QED) is 0.384. The smallest absolute Gasteiger partial charge is 0.266 e. The summed E-state index contributed by atoms with van der Waals surface area (Å²) in [6.45, 7) is 0.349. The van der Waals surface area contributed by atoms with E-state index in [0.29, 0.717) is 33.7 Å². The number of hydrogen-bond acceptors (Lipinski definition) is 3. The first kappa shape index (κ1) is 20.5. The van der Waals surface area contributed by atoms with Crippen molar-refractivity contribution in [3.05, 3.63) is 99.5 Å². The fourth-order valence-corrected chi connectivity index (χ4v) is 2.80. The van der Waals surface area contributed by atoms with E-state index in [9.17, 15) is 10.1 Å². The van der Waals surface area contributed by atoms with E-state index in [-0.39, 0.29) is 5.57 Å². The minimum Gasteiger partial charge on any atom is -0.489 e. The van der Waals surface area contributed by atoms with E-state index in [4.69, 9.17) is 27.9 Å². The van der Waals surface area contributed by atoms with E-state index >= 15 is 0 Å². The number of nitriles is 1. The van der Waals surface area contributed by atoms with Crippen molar-refractivity contribution in [1.82, 2.24) is 0 Å². The number of carbonyl (C=O) groups is 1. The van der Waals surface area contributed by atoms with E-state index in [1.807, 2.05) is 30.3 Å². The molecule has 0 aromatic heterocycles. The number of amides is 1. The van der Waals surface area contributed by atoms with E-state index in [2.05, 4.69) is 5.32 Å². The lowest BCUT2D eigenvalue weighted by Gasteiger charge is -2.08. The second-order valence-corrected chi connectivity index (χ2v) is 6.92. The molecular weight excluding hydrogens is 407 g/mol. The van der Waals surface area contributed by atoms with E-state index in [1.165, 1.54) is 6.08 Å². The molecule has 0 bridgehead atoms. The van der Waals surface area contributed by atoms with Crippen LogP contribution in [0.2, 0.25) is 10.0 Å². The Balaban J connectivity index is 1.65. The molecule has 3 aromatic carbocycles. The summed E-state index contributed by atoms with van der Waals surface area (Å²) in [7, 11) is 0. The van der Waals surface area contributed by atoms with Gasteiger partial charge < -0.3 is 10.1 Å². The predicted octanol–water partition coefficient (Wildman–Crippen LogP) is 6.12. The fourth-order valence-electron chi connectivity index (χ4n) is 2.48. The Morgan fingerprint density at radius 1 is 1.00 bits per heavy atom. The van der Waals surface area contributed by atoms with Crippen LogP contribution in [0.4, 0.5) is 5.69 Å². The third-order valence-corrected chi connectivity index (χ3v) is 4.63. The van der Waals surface area contributed by atoms with Gasteiger partial charge in [0.25, 0.3) is 5.91 Å². The highest BCUT2D eigenvalue weighted by Crippen LogP contribution is 2.20. The Morgan fingerprint density at radius 2 is 1.69 bits per heavy atom. The number of ether oxygens (including phenoxy) is 1. The molecule has 0 aliphatic heterocycles. The summed E-state index contributed by atoms with van der Waals surface area (Å²) in [5.41, 5.74) is 2.15. The number of hydrogen-bond donors (Lipinski definition) is 1. The van der Waals surface area contributed by atoms with Crippen LogP contribution in [0.25, 0.3) is 6.08 Å². The SMILES string of the molecule is N#C/C(=C/c1ccc(OCc2ccccc2Cl)cc1)C(=O)Nc1ccc(Cl)cc1.